The lowest BCUT2D eigenvalue weighted by Gasteiger charge is -2.23. The third kappa shape index (κ3) is 6.57. The Morgan fingerprint density at radius 2 is 1.85 bits per heavy atom. The van der Waals surface area contributed by atoms with Crippen LogP contribution in [-0.4, -0.2) is 41.8 Å². The fourth-order valence-electron chi connectivity index (χ4n) is 2.64. The van der Waals surface area contributed by atoms with Crippen LogP contribution in [0.25, 0.3) is 0 Å². The van der Waals surface area contributed by atoms with Gasteiger partial charge in [0.25, 0.3) is 0 Å². The zero-order chi connectivity index (χ0) is 19.6. The molecule has 0 aliphatic carbocycles. The summed E-state index contributed by atoms with van der Waals surface area (Å²) < 4.78 is 5.27. The number of phenolic OH excluding ortho intramolecular Hbond substituents is 2. The van der Waals surface area contributed by atoms with Gasteiger partial charge in [-0.2, -0.15) is 0 Å². The van der Waals surface area contributed by atoms with Gasteiger partial charge in [-0.1, -0.05) is 13.0 Å². The second kappa shape index (κ2) is 10.5. The van der Waals surface area contributed by atoms with Gasteiger partial charge in [0.1, 0.15) is 5.75 Å². The molecule has 2 rings (SSSR count). The highest BCUT2D eigenvalue weighted by Gasteiger charge is 2.08. The Labute approximate surface area is 164 Å². The van der Waals surface area contributed by atoms with E-state index in [0.717, 1.165) is 30.8 Å². The largest absolute Gasteiger partial charge is 0.504 e. The van der Waals surface area contributed by atoms with E-state index in [0.29, 0.717) is 24.6 Å². The number of aromatic hydroxyl groups is 2. The van der Waals surface area contributed by atoms with Crippen LogP contribution >= 0.6 is 11.6 Å². The Morgan fingerprint density at radius 1 is 1.11 bits per heavy atom. The number of benzene rings is 2. The summed E-state index contributed by atoms with van der Waals surface area (Å²) in [5, 5.41) is 21.4. The second-order valence-electron chi connectivity index (χ2n) is 6.06. The number of hydrogen-bond donors (Lipinski definition) is 3. The van der Waals surface area contributed by atoms with E-state index in [1.807, 2.05) is 12.1 Å². The van der Waals surface area contributed by atoms with Crippen molar-refractivity contribution in [2.24, 2.45) is 0 Å². The van der Waals surface area contributed by atoms with Gasteiger partial charge in [-0.05, 0) is 54.8 Å². The first-order valence-corrected chi connectivity index (χ1v) is 9.44. The minimum absolute atomic E-state index is 0.168. The fraction of sp³-hybridized carbons (Fsp3) is 0.350. The summed E-state index contributed by atoms with van der Waals surface area (Å²) in [5.74, 6) is 0.667. The fourth-order valence-corrected chi connectivity index (χ4v) is 2.85. The predicted octanol–water partition coefficient (Wildman–Crippen LogP) is 3.88. The van der Waals surface area contributed by atoms with Gasteiger partial charge in [0, 0.05) is 31.2 Å². The molecule has 0 unspecified atom stereocenters. The molecule has 146 valence electrons. The zero-order valence-corrected chi connectivity index (χ0v) is 16.1. The van der Waals surface area contributed by atoms with Crippen LogP contribution in [0.2, 0.25) is 0 Å². The van der Waals surface area contributed by atoms with Crippen molar-refractivity contribution in [1.29, 1.82) is 0 Å². The monoisotopic (exact) mass is 392 g/mol. The van der Waals surface area contributed by atoms with E-state index in [1.54, 1.807) is 18.2 Å². The van der Waals surface area contributed by atoms with E-state index in [2.05, 4.69) is 17.1 Å². The minimum Gasteiger partial charge on any atom is -0.504 e. The first-order valence-electron chi connectivity index (χ1n) is 8.91. The normalized spacial score (nSPS) is 10.4. The number of phenols is 2. The zero-order valence-electron chi connectivity index (χ0n) is 15.3. The molecule has 0 aliphatic rings. The molecular formula is C20H25ClN2O4. The first-order chi connectivity index (χ1) is 13.0. The maximum Gasteiger partial charge on any atom is 0.412 e. The number of hydrogen-bond acceptors (Lipinski definition) is 5. The smallest absolute Gasteiger partial charge is 0.412 e. The number of rotatable bonds is 9. The maximum atomic E-state index is 11.9. The van der Waals surface area contributed by atoms with Crippen molar-refractivity contribution in [3.63, 3.8) is 0 Å². The molecule has 27 heavy (non-hydrogen) atoms. The Morgan fingerprint density at radius 3 is 2.48 bits per heavy atom. The Hall–Kier alpha value is -2.60. The number of carbonyl (C=O) groups is 1. The minimum atomic E-state index is -0.545. The van der Waals surface area contributed by atoms with Crippen molar-refractivity contribution in [3.05, 3.63) is 48.0 Å². The number of nitrogens with one attached hydrogen (secondary N) is 1. The summed E-state index contributed by atoms with van der Waals surface area (Å²) in [4.78, 5) is 14.1. The molecular weight excluding hydrogens is 368 g/mol. The summed E-state index contributed by atoms with van der Waals surface area (Å²) in [7, 11) is 0. The van der Waals surface area contributed by atoms with Crippen LogP contribution in [0.15, 0.2) is 42.5 Å². The lowest BCUT2D eigenvalue weighted by atomic mass is 10.1. The highest BCUT2D eigenvalue weighted by Crippen LogP contribution is 2.25. The number of nitrogens with zero attached hydrogens (tertiary/aromatic N) is 1. The van der Waals surface area contributed by atoms with E-state index in [1.165, 1.54) is 12.1 Å². The number of alkyl halides is 1. The molecule has 0 fully saturated rings. The number of anilines is 1. The van der Waals surface area contributed by atoms with Crippen LogP contribution in [0.3, 0.4) is 0 Å². The van der Waals surface area contributed by atoms with Crippen molar-refractivity contribution < 1.29 is 19.7 Å². The molecule has 0 spiro atoms. The molecule has 6 nitrogen and oxygen atoms in total. The van der Waals surface area contributed by atoms with E-state index in [4.69, 9.17) is 16.3 Å². The van der Waals surface area contributed by atoms with Crippen LogP contribution in [0.5, 0.6) is 17.2 Å². The van der Waals surface area contributed by atoms with Gasteiger partial charge in [0.05, 0.1) is 0 Å². The van der Waals surface area contributed by atoms with Crippen LogP contribution in [0.1, 0.15) is 18.9 Å². The highest BCUT2D eigenvalue weighted by atomic mass is 35.5. The number of amides is 1. The third-order valence-corrected chi connectivity index (χ3v) is 4.15. The summed E-state index contributed by atoms with van der Waals surface area (Å²) in [6, 6.07) is 11.9. The lowest BCUT2D eigenvalue weighted by molar-refractivity contribution is 0.200. The van der Waals surface area contributed by atoms with Crippen molar-refractivity contribution in [2.45, 2.75) is 19.8 Å². The molecule has 0 aromatic heterocycles. The van der Waals surface area contributed by atoms with Crippen molar-refractivity contribution in [3.8, 4) is 17.2 Å². The van der Waals surface area contributed by atoms with Crippen molar-refractivity contribution in [2.75, 3.05) is 30.4 Å². The van der Waals surface area contributed by atoms with Crippen molar-refractivity contribution >= 4 is 23.4 Å². The molecule has 1 amide bonds. The van der Waals surface area contributed by atoms with Crippen LogP contribution < -0.4 is 15.0 Å². The molecule has 3 N–H and O–H groups in total. The molecule has 0 saturated heterocycles. The molecule has 0 bridgehead atoms. The van der Waals surface area contributed by atoms with Gasteiger partial charge >= 0.3 is 6.09 Å². The van der Waals surface area contributed by atoms with E-state index < -0.39 is 6.09 Å². The van der Waals surface area contributed by atoms with Crippen LogP contribution in [0, 0.1) is 0 Å². The number of halogens is 1. The Bertz CT molecular complexity index is 731. The molecule has 0 heterocycles. The quantitative estimate of drug-likeness (QED) is 0.445. The van der Waals surface area contributed by atoms with Gasteiger partial charge in [-0.15, -0.1) is 11.6 Å². The van der Waals surface area contributed by atoms with Crippen LogP contribution in [-0.2, 0) is 6.42 Å². The molecule has 2 aromatic carbocycles. The van der Waals surface area contributed by atoms with Crippen molar-refractivity contribution in [1.82, 2.24) is 5.32 Å². The van der Waals surface area contributed by atoms with E-state index in [-0.39, 0.29) is 11.5 Å². The molecule has 0 atom stereocenters. The summed E-state index contributed by atoms with van der Waals surface area (Å²) >= 11 is 5.85. The summed E-state index contributed by atoms with van der Waals surface area (Å²) in [6.07, 6.45) is 0.986. The number of ether oxygens (including phenoxy) is 1. The van der Waals surface area contributed by atoms with Gasteiger partial charge in [0.2, 0.25) is 0 Å². The molecule has 2 aromatic rings. The highest BCUT2D eigenvalue weighted by molar-refractivity contribution is 6.18. The standard InChI is InChI=1S/C20H25ClN2O4/c1-2-12-23(13-10-21)16-4-6-17(7-5-16)27-20(26)22-11-9-15-3-8-18(24)19(25)14-15/h3-8,14,24-25H,2,9-13H2,1H3,(H,22,26). The third-order valence-electron chi connectivity index (χ3n) is 3.98. The molecule has 0 aliphatic heterocycles. The predicted molar refractivity (Wildman–Crippen MR) is 107 cm³/mol. The van der Waals surface area contributed by atoms with Gasteiger partial charge < -0.3 is 25.2 Å². The molecule has 0 radical (unpaired) electrons. The maximum absolute atomic E-state index is 11.9. The summed E-state index contributed by atoms with van der Waals surface area (Å²) in [5.41, 5.74) is 1.84. The topological polar surface area (TPSA) is 82.0 Å². The lowest BCUT2D eigenvalue weighted by Crippen LogP contribution is -2.29. The molecule has 0 saturated carbocycles. The Balaban J connectivity index is 1.81. The average molecular weight is 393 g/mol. The average Bonchev–Trinajstić information content (AvgIpc) is 2.65. The first kappa shape index (κ1) is 20.7. The Kier molecular flexibility index (Phi) is 8.07. The van der Waals surface area contributed by atoms with Gasteiger partial charge in [0.15, 0.2) is 11.5 Å². The molecule has 7 heteroatoms. The SMILES string of the molecule is CCCN(CCCl)c1ccc(OC(=O)NCCc2ccc(O)c(O)c2)cc1. The van der Waals surface area contributed by atoms with Gasteiger partial charge in [-0.25, -0.2) is 4.79 Å². The van der Waals surface area contributed by atoms with Crippen LogP contribution in [0.4, 0.5) is 10.5 Å². The second-order valence-corrected chi connectivity index (χ2v) is 6.44. The summed E-state index contributed by atoms with van der Waals surface area (Å²) in [6.45, 7) is 4.15. The van der Waals surface area contributed by atoms with E-state index in [9.17, 15) is 15.0 Å². The van der Waals surface area contributed by atoms with E-state index >= 15 is 0 Å². The number of carbonyl (C=O) groups excluding carboxylic acids is 1. The van der Waals surface area contributed by atoms with Gasteiger partial charge in [-0.3, -0.25) is 0 Å².